The number of methoxy groups -OCH3 is 1. The SMILES string of the molecule is CCS(=O)(=O)NC[C@H]1CCC2(CN(Cc3ccc(OC)cc3)C2)OC1. The first-order valence-corrected chi connectivity index (χ1v) is 10.6. The number of nitrogens with zero attached hydrogens (tertiary/aromatic N) is 1. The van der Waals surface area contributed by atoms with Gasteiger partial charge < -0.3 is 9.47 Å². The summed E-state index contributed by atoms with van der Waals surface area (Å²) in [5.41, 5.74) is 1.25. The van der Waals surface area contributed by atoms with E-state index < -0.39 is 10.0 Å². The highest BCUT2D eigenvalue weighted by Crippen LogP contribution is 2.36. The fraction of sp³-hybridized carbons (Fsp3) is 0.667. The van der Waals surface area contributed by atoms with Crippen molar-refractivity contribution in [3.63, 3.8) is 0 Å². The lowest BCUT2D eigenvalue weighted by atomic mass is 9.83. The Morgan fingerprint density at radius 2 is 2.04 bits per heavy atom. The van der Waals surface area contributed by atoms with Crippen molar-refractivity contribution >= 4 is 10.0 Å². The van der Waals surface area contributed by atoms with Gasteiger partial charge in [-0.1, -0.05) is 12.1 Å². The number of hydrogen-bond donors (Lipinski definition) is 1. The predicted molar refractivity (Wildman–Crippen MR) is 97.1 cm³/mol. The molecule has 3 rings (SSSR count). The third-order valence-corrected chi connectivity index (χ3v) is 6.56. The molecule has 1 atom stereocenters. The number of hydrogen-bond acceptors (Lipinski definition) is 5. The second-order valence-corrected chi connectivity index (χ2v) is 9.24. The predicted octanol–water partition coefficient (Wildman–Crippen LogP) is 1.62. The molecule has 7 heteroatoms. The molecule has 0 aliphatic carbocycles. The van der Waals surface area contributed by atoms with Gasteiger partial charge in [-0.2, -0.15) is 0 Å². The Morgan fingerprint density at radius 1 is 1.32 bits per heavy atom. The Hall–Kier alpha value is -1.15. The van der Waals surface area contributed by atoms with Crippen molar-refractivity contribution in [1.29, 1.82) is 0 Å². The van der Waals surface area contributed by atoms with E-state index in [-0.39, 0.29) is 17.3 Å². The van der Waals surface area contributed by atoms with E-state index in [0.717, 1.165) is 38.2 Å². The van der Waals surface area contributed by atoms with E-state index in [2.05, 4.69) is 21.8 Å². The van der Waals surface area contributed by atoms with Gasteiger partial charge in [-0.25, -0.2) is 13.1 Å². The lowest BCUT2D eigenvalue weighted by Crippen LogP contribution is -2.64. The van der Waals surface area contributed by atoms with Crippen LogP contribution >= 0.6 is 0 Å². The maximum absolute atomic E-state index is 11.5. The Kier molecular flexibility index (Phi) is 5.68. The highest BCUT2D eigenvalue weighted by Gasteiger charge is 2.46. The van der Waals surface area contributed by atoms with Gasteiger partial charge >= 0.3 is 0 Å². The average Bonchev–Trinajstić information content (AvgIpc) is 2.60. The molecule has 2 aliphatic rings. The number of nitrogens with one attached hydrogen (secondary N) is 1. The topological polar surface area (TPSA) is 67.9 Å². The van der Waals surface area contributed by atoms with Gasteiger partial charge in [-0.15, -0.1) is 0 Å². The molecule has 0 saturated carbocycles. The molecule has 1 spiro atoms. The first kappa shape index (κ1) is 18.6. The van der Waals surface area contributed by atoms with Crippen LogP contribution in [0.4, 0.5) is 0 Å². The van der Waals surface area contributed by atoms with Crippen LogP contribution in [0.2, 0.25) is 0 Å². The largest absolute Gasteiger partial charge is 0.497 e. The zero-order valence-corrected chi connectivity index (χ0v) is 15.8. The average molecular weight is 368 g/mol. The summed E-state index contributed by atoms with van der Waals surface area (Å²) in [6.45, 7) is 5.61. The fourth-order valence-electron chi connectivity index (χ4n) is 3.54. The Balaban J connectivity index is 1.40. The van der Waals surface area contributed by atoms with Crippen LogP contribution in [-0.2, 0) is 21.3 Å². The lowest BCUT2D eigenvalue weighted by molar-refractivity contribution is -0.181. The monoisotopic (exact) mass is 368 g/mol. The van der Waals surface area contributed by atoms with Crippen molar-refractivity contribution in [2.75, 3.05) is 39.1 Å². The molecule has 0 radical (unpaired) electrons. The summed E-state index contributed by atoms with van der Waals surface area (Å²) in [5, 5.41) is 0. The number of rotatable bonds is 7. The minimum Gasteiger partial charge on any atom is -0.497 e. The van der Waals surface area contributed by atoms with Crippen LogP contribution in [-0.4, -0.2) is 58.0 Å². The van der Waals surface area contributed by atoms with Crippen LogP contribution in [0.25, 0.3) is 0 Å². The fourth-order valence-corrected chi connectivity index (χ4v) is 4.24. The van der Waals surface area contributed by atoms with E-state index in [4.69, 9.17) is 9.47 Å². The van der Waals surface area contributed by atoms with Gasteiger partial charge in [0.2, 0.25) is 10.0 Å². The van der Waals surface area contributed by atoms with Gasteiger partial charge in [0.05, 0.1) is 25.1 Å². The van der Waals surface area contributed by atoms with Crippen LogP contribution in [0.3, 0.4) is 0 Å². The molecule has 6 nitrogen and oxygen atoms in total. The standard InChI is InChI=1S/C18H28N2O4S/c1-3-25(21,22)19-10-16-8-9-18(24-12-16)13-20(14-18)11-15-4-6-17(23-2)7-5-15/h4-7,16,19H,3,8-14H2,1-2H3/t16-/m1/s1. The number of benzene rings is 1. The van der Waals surface area contributed by atoms with Crippen LogP contribution in [0.5, 0.6) is 5.75 Å². The zero-order chi connectivity index (χ0) is 17.9. The maximum atomic E-state index is 11.5. The first-order valence-electron chi connectivity index (χ1n) is 8.90. The normalized spacial score (nSPS) is 23.4. The van der Waals surface area contributed by atoms with Crippen LogP contribution in [0.15, 0.2) is 24.3 Å². The van der Waals surface area contributed by atoms with E-state index in [9.17, 15) is 8.42 Å². The summed E-state index contributed by atoms with van der Waals surface area (Å²) in [6.07, 6.45) is 2.02. The van der Waals surface area contributed by atoms with Crippen LogP contribution < -0.4 is 9.46 Å². The minimum atomic E-state index is -3.11. The molecule has 2 aliphatic heterocycles. The molecular weight excluding hydrogens is 340 g/mol. The summed E-state index contributed by atoms with van der Waals surface area (Å²) < 4.78 is 37.0. The van der Waals surface area contributed by atoms with E-state index >= 15 is 0 Å². The van der Waals surface area contributed by atoms with E-state index in [0.29, 0.717) is 13.2 Å². The lowest BCUT2D eigenvalue weighted by Gasteiger charge is -2.53. The highest BCUT2D eigenvalue weighted by atomic mass is 32.2. The molecule has 2 heterocycles. The van der Waals surface area contributed by atoms with Crippen molar-refractivity contribution in [3.05, 3.63) is 29.8 Å². The van der Waals surface area contributed by atoms with E-state index in [1.54, 1.807) is 14.0 Å². The molecule has 1 aromatic carbocycles. The molecule has 25 heavy (non-hydrogen) atoms. The third-order valence-electron chi connectivity index (χ3n) is 5.19. The summed E-state index contributed by atoms with van der Waals surface area (Å²) in [6, 6.07) is 8.18. The number of likely N-dealkylation sites (tertiary alicyclic amines) is 1. The third kappa shape index (κ3) is 4.73. The van der Waals surface area contributed by atoms with Gasteiger partial charge in [0, 0.05) is 26.2 Å². The molecule has 2 saturated heterocycles. The Morgan fingerprint density at radius 3 is 2.60 bits per heavy atom. The van der Waals surface area contributed by atoms with Gasteiger partial charge in [0.1, 0.15) is 5.75 Å². The molecule has 0 amide bonds. The second kappa shape index (κ2) is 7.61. The summed E-state index contributed by atoms with van der Waals surface area (Å²) in [5.74, 6) is 1.29. The molecular formula is C18H28N2O4S. The van der Waals surface area contributed by atoms with Crippen molar-refractivity contribution in [1.82, 2.24) is 9.62 Å². The molecule has 140 valence electrons. The molecule has 1 N–H and O–H groups in total. The van der Waals surface area contributed by atoms with Crippen molar-refractivity contribution in [3.8, 4) is 5.75 Å². The summed E-state index contributed by atoms with van der Waals surface area (Å²) in [4.78, 5) is 2.39. The number of ether oxygens (including phenoxy) is 2. The van der Waals surface area contributed by atoms with Gasteiger partial charge in [0.15, 0.2) is 0 Å². The highest BCUT2D eigenvalue weighted by molar-refractivity contribution is 7.89. The quantitative estimate of drug-likeness (QED) is 0.792. The van der Waals surface area contributed by atoms with Crippen LogP contribution in [0.1, 0.15) is 25.3 Å². The van der Waals surface area contributed by atoms with Crippen molar-refractivity contribution < 1.29 is 17.9 Å². The van der Waals surface area contributed by atoms with E-state index in [1.165, 1.54) is 5.56 Å². The van der Waals surface area contributed by atoms with Gasteiger partial charge in [-0.3, -0.25) is 4.90 Å². The summed E-state index contributed by atoms with van der Waals surface area (Å²) >= 11 is 0. The first-order chi connectivity index (χ1) is 11.9. The Bertz CT molecular complexity index is 659. The number of sulfonamides is 1. The smallest absolute Gasteiger partial charge is 0.211 e. The van der Waals surface area contributed by atoms with Crippen LogP contribution in [0, 0.1) is 5.92 Å². The van der Waals surface area contributed by atoms with Gasteiger partial charge in [-0.05, 0) is 43.4 Å². The molecule has 2 fully saturated rings. The zero-order valence-electron chi connectivity index (χ0n) is 15.0. The minimum absolute atomic E-state index is 0.0212. The van der Waals surface area contributed by atoms with Crippen molar-refractivity contribution in [2.24, 2.45) is 5.92 Å². The summed E-state index contributed by atoms with van der Waals surface area (Å²) in [7, 11) is -1.43. The molecule has 0 aromatic heterocycles. The molecule has 0 bridgehead atoms. The van der Waals surface area contributed by atoms with Crippen molar-refractivity contribution in [2.45, 2.75) is 31.9 Å². The maximum Gasteiger partial charge on any atom is 0.211 e. The Labute approximate surface area is 150 Å². The van der Waals surface area contributed by atoms with Gasteiger partial charge in [0.25, 0.3) is 0 Å². The molecule has 1 aromatic rings. The second-order valence-electron chi connectivity index (χ2n) is 7.14. The van der Waals surface area contributed by atoms with E-state index in [1.807, 2.05) is 12.1 Å². The molecule has 0 unspecified atom stereocenters.